The van der Waals surface area contributed by atoms with E-state index in [-0.39, 0.29) is 33.4 Å². The molecule has 31 heavy (non-hydrogen) atoms. The highest BCUT2D eigenvalue weighted by Crippen LogP contribution is 2.36. The van der Waals surface area contributed by atoms with Gasteiger partial charge in [-0.15, -0.1) is 0 Å². The maximum atomic E-state index is 12.5. The smallest absolute Gasteiger partial charge is 0.269 e. The molecule has 2 aromatic heterocycles. The van der Waals surface area contributed by atoms with E-state index in [0.29, 0.717) is 5.56 Å². The second-order valence-electron chi connectivity index (χ2n) is 6.81. The number of hydrogen-bond acceptors (Lipinski definition) is 7. The zero-order chi connectivity index (χ0) is 22.3. The van der Waals surface area contributed by atoms with Crippen molar-refractivity contribution >= 4 is 32.5 Å². The van der Waals surface area contributed by atoms with Crippen molar-refractivity contribution in [1.29, 1.82) is 0 Å². The molecule has 158 valence electrons. The maximum absolute atomic E-state index is 12.5. The molecular formula is C20H19N7O3S. The second kappa shape index (κ2) is 7.45. The number of nitrogens with zero attached hydrogens (tertiary/aromatic N) is 3. The Bertz CT molecular complexity index is 1440. The van der Waals surface area contributed by atoms with Crippen LogP contribution in [0.3, 0.4) is 0 Å². The number of fused-ring (bicyclic) bond motifs is 1. The van der Waals surface area contributed by atoms with E-state index in [4.69, 9.17) is 11.5 Å². The lowest BCUT2D eigenvalue weighted by molar-refractivity contribution is 0.0996. The third-order valence-corrected chi connectivity index (χ3v) is 6.41. The molecule has 10 nitrogen and oxygen atoms in total. The zero-order valence-corrected chi connectivity index (χ0v) is 17.5. The average molecular weight is 437 g/mol. The SMILES string of the molecule is CNS(=O)(=O)c1ccccc1-c1nc(C(N)=O)c(N)c(-c2c(C)ccc3[nH]ncc23)n1. The molecule has 0 saturated heterocycles. The van der Waals surface area contributed by atoms with Crippen molar-refractivity contribution in [3.8, 4) is 22.6 Å². The Morgan fingerprint density at radius 2 is 1.87 bits per heavy atom. The summed E-state index contributed by atoms with van der Waals surface area (Å²) in [5.74, 6) is -0.847. The maximum Gasteiger partial charge on any atom is 0.269 e. The van der Waals surface area contributed by atoms with Crippen LogP contribution in [-0.4, -0.2) is 41.5 Å². The lowest BCUT2D eigenvalue weighted by atomic mass is 9.99. The minimum atomic E-state index is -3.82. The first kappa shape index (κ1) is 20.4. The van der Waals surface area contributed by atoms with E-state index < -0.39 is 15.9 Å². The van der Waals surface area contributed by atoms with Crippen molar-refractivity contribution in [2.24, 2.45) is 5.73 Å². The molecule has 0 unspecified atom stereocenters. The monoisotopic (exact) mass is 437 g/mol. The van der Waals surface area contributed by atoms with Crippen molar-refractivity contribution in [1.82, 2.24) is 24.9 Å². The van der Waals surface area contributed by atoms with Crippen molar-refractivity contribution in [3.63, 3.8) is 0 Å². The van der Waals surface area contributed by atoms with E-state index in [2.05, 4.69) is 24.9 Å². The van der Waals surface area contributed by atoms with Gasteiger partial charge in [0.1, 0.15) is 0 Å². The highest BCUT2D eigenvalue weighted by atomic mass is 32.2. The molecule has 2 aromatic carbocycles. The summed E-state index contributed by atoms with van der Waals surface area (Å²) in [4.78, 5) is 20.9. The Kier molecular flexibility index (Phi) is 4.91. The predicted octanol–water partition coefficient (Wildman–Crippen LogP) is 1.58. The van der Waals surface area contributed by atoms with Crippen LogP contribution in [0.4, 0.5) is 5.69 Å². The first-order chi connectivity index (χ1) is 14.7. The quantitative estimate of drug-likeness (QED) is 0.367. The Morgan fingerprint density at radius 3 is 2.58 bits per heavy atom. The molecule has 0 aliphatic carbocycles. The van der Waals surface area contributed by atoms with Gasteiger partial charge in [-0.3, -0.25) is 9.89 Å². The molecule has 6 N–H and O–H groups in total. The number of carbonyl (C=O) groups is 1. The number of hydrogen-bond donors (Lipinski definition) is 4. The van der Waals surface area contributed by atoms with Crippen molar-refractivity contribution in [3.05, 3.63) is 53.9 Å². The molecule has 1 amide bonds. The van der Waals surface area contributed by atoms with Gasteiger partial charge in [0.25, 0.3) is 5.91 Å². The lowest BCUT2D eigenvalue weighted by Gasteiger charge is -2.15. The molecule has 0 aliphatic heterocycles. The van der Waals surface area contributed by atoms with Crippen LogP contribution in [0.15, 0.2) is 47.5 Å². The van der Waals surface area contributed by atoms with Gasteiger partial charge in [0.2, 0.25) is 10.0 Å². The Morgan fingerprint density at radius 1 is 1.13 bits per heavy atom. The van der Waals surface area contributed by atoms with Gasteiger partial charge >= 0.3 is 0 Å². The van der Waals surface area contributed by atoms with Crippen LogP contribution in [0.1, 0.15) is 16.1 Å². The van der Waals surface area contributed by atoms with Crippen LogP contribution in [0.25, 0.3) is 33.5 Å². The Hall–Kier alpha value is -3.83. The molecular weight excluding hydrogens is 418 g/mol. The number of benzene rings is 2. The summed E-state index contributed by atoms with van der Waals surface area (Å²) in [5.41, 5.74) is 14.3. The molecule has 0 spiro atoms. The van der Waals surface area contributed by atoms with Crippen LogP contribution in [0.5, 0.6) is 0 Å². The van der Waals surface area contributed by atoms with Crippen molar-refractivity contribution in [2.45, 2.75) is 11.8 Å². The van der Waals surface area contributed by atoms with Crippen LogP contribution < -0.4 is 16.2 Å². The van der Waals surface area contributed by atoms with Crippen LogP contribution in [0, 0.1) is 6.92 Å². The number of aromatic amines is 1. The molecule has 2 heterocycles. The number of sulfonamides is 1. The van der Waals surface area contributed by atoms with E-state index in [9.17, 15) is 13.2 Å². The summed E-state index contributed by atoms with van der Waals surface area (Å²) in [6.07, 6.45) is 1.63. The lowest BCUT2D eigenvalue weighted by Crippen LogP contribution is -2.21. The number of primary amides is 1. The van der Waals surface area contributed by atoms with E-state index in [1.807, 2.05) is 19.1 Å². The van der Waals surface area contributed by atoms with Crippen LogP contribution in [-0.2, 0) is 10.0 Å². The molecule has 0 aliphatic rings. The molecule has 4 rings (SSSR count). The van der Waals surface area contributed by atoms with Gasteiger partial charge in [-0.25, -0.2) is 23.1 Å². The summed E-state index contributed by atoms with van der Waals surface area (Å²) in [5, 5.41) is 7.69. The highest BCUT2D eigenvalue weighted by molar-refractivity contribution is 7.89. The van der Waals surface area contributed by atoms with Gasteiger partial charge in [-0.2, -0.15) is 5.10 Å². The summed E-state index contributed by atoms with van der Waals surface area (Å²) < 4.78 is 27.3. The van der Waals surface area contributed by atoms with E-state index in [0.717, 1.165) is 16.5 Å². The number of aromatic nitrogens is 4. The first-order valence-electron chi connectivity index (χ1n) is 9.18. The van der Waals surface area contributed by atoms with Gasteiger partial charge in [0, 0.05) is 16.5 Å². The Balaban J connectivity index is 2.09. The van der Waals surface area contributed by atoms with E-state index in [1.54, 1.807) is 24.4 Å². The van der Waals surface area contributed by atoms with Gasteiger partial charge in [0.15, 0.2) is 11.5 Å². The van der Waals surface area contributed by atoms with E-state index >= 15 is 0 Å². The number of carbonyl (C=O) groups excluding carboxylic acids is 1. The number of amides is 1. The average Bonchev–Trinajstić information content (AvgIpc) is 3.23. The third kappa shape index (κ3) is 3.39. The topological polar surface area (TPSA) is 170 Å². The highest BCUT2D eigenvalue weighted by Gasteiger charge is 2.24. The number of nitrogens with two attached hydrogens (primary N) is 2. The molecule has 0 atom stereocenters. The molecule has 4 aromatic rings. The molecule has 0 fully saturated rings. The molecule has 11 heteroatoms. The van der Waals surface area contributed by atoms with Gasteiger partial charge < -0.3 is 11.5 Å². The fraction of sp³-hybridized carbons (Fsp3) is 0.100. The molecule has 0 radical (unpaired) electrons. The van der Waals surface area contributed by atoms with Crippen LogP contribution in [0.2, 0.25) is 0 Å². The van der Waals surface area contributed by atoms with Gasteiger partial charge in [-0.05, 0) is 37.7 Å². The van der Waals surface area contributed by atoms with Crippen LogP contribution >= 0.6 is 0 Å². The summed E-state index contributed by atoms with van der Waals surface area (Å²) in [6.45, 7) is 1.87. The van der Waals surface area contributed by atoms with E-state index in [1.165, 1.54) is 13.1 Å². The number of H-pyrrole nitrogens is 1. The minimum Gasteiger partial charge on any atom is -0.395 e. The normalized spacial score (nSPS) is 11.7. The largest absolute Gasteiger partial charge is 0.395 e. The second-order valence-corrected chi connectivity index (χ2v) is 8.67. The first-order valence-corrected chi connectivity index (χ1v) is 10.7. The third-order valence-electron chi connectivity index (χ3n) is 4.93. The number of aryl methyl sites for hydroxylation is 1. The minimum absolute atomic E-state index is 0.00186. The standard InChI is InChI=1S/C20H19N7O3S/c1-10-7-8-13-12(9-24-27-13)15(10)17-16(21)18(19(22)28)26-20(25-17)11-5-3-4-6-14(11)31(29,30)23-2/h3-9,23H,21H2,1-2H3,(H2,22,28)(H,24,27). The van der Waals surface area contributed by atoms with Crippen molar-refractivity contribution in [2.75, 3.05) is 12.8 Å². The summed E-state index contributed by atoms with van der Waals surface area (Å²) in [6, 6.07) is 9.93. The zero-order valence-electron chi connectivity index (χ0n) is 16.7. The molecule has 0 bridgehead atoms. The fourth-order valence-electron chi connectivity index (χ4n) is 3.40. The number of nitrogen functional groups attached to an aromatic ring is 1. The molecule has 0 saturated carbocycles. The number of anilines is 1. The Labute approximate surface area is 177 Å². The van der Waals surface area contributed by atoms with Gasteiger partial charge in [-0.1, -0.05) is 18.2 Å². The predicted molar refractivity (Wildman–Crippen MR) is 116 cm³/mol. The number of nitrogens with one attached hydrogen (secondary N) is 2. The van der Waals surface area contributed by atoms with Crippen molar-refractivity contribution < 1.29 is 13.2 Å². The van der Waals surface area contributed by atoms with Gasteiger partial charge in [0.05, 0.1) is 28.0 Å². The summed E-state index contributed by atoms with van der Waals surface area (Å²) in [7, 11) is -2.52. The fourth-order valence-corrected chi connectivity index (χ4v) is 4.33. The summed E-state index contributed by atoms with van der Waals surface area (Å²) >= 11 is 0. The number of rotatable bonds is 5.